The Morgan fingerprint density at radius 3 is 2.42 bits per heavy atom. The highest BCUT2D eigenvalue weighted by Gasteiger charge is 2.23. The van der Waals surface area contributed by atoms with Crippen LogP contribution >= 0.6 is 23.5 Å². The van der Waals surface area contributed by atoms with E-state index in [-0.39, 0.29) is 0 Å². The number of hydrogen-bond acceptors (Lipinski definition) is 3. The smallest absolute Gasteiger partial charge is 0.0655 e. The lowest BCUT2D eigenvalue weighted by atomic mass is 10.2. The van der Waals surface area contributed by atoms with E-state index in [0.717, 1.165) is 10.6 Å². The topological polar surface area (TPSA) is 12.0 Å². The molecule has 1 aliphatic rings. The standard InChI is InChI=1S/C9H19NS2/c1-3-11-9(12-4-2)8-6-5-7-10-8/h8-10H,3-7H2,1-2H3/t8-/m0/s1. The van der Waals surface area contributed by atoms with Crippen LogP contribution in [0.1, 0.15) is 26.7 Å². The van der Waals surface area contributed by atoms with Gasteiger partial charge in [0.1, 0.15) is 0 Å². The Kier molecular flexibility index (Phi) is 5.52. The van der Waals surface area contributed by atoms with Crippen molar-refractivity contribution < 1.29 is 0 Å². The molecule has 0 bridgehead atoms. The Morgan fingerprint density at radius 2 is 2.00 bits per heavy atom. The monoisotopic (exact) mass is 205 g/mol. The van der Waals surface area contributed by atoms with Crippen LogP contribution in [-0.4, -0.2) is 28.7 Å². The molecule has 1 heterocycles. The Bertz CT molecular complexity index is 107. The summed E-state index contributed by atoms with van der Waals surface area (Å²) in [5.74, 6) is 2.49. The van der Waals surface area contributed by atoms with Gasteiger partial charge in [-0.15, -0.1) is 23.5 Å². The van der Waals surface area contributed by atoms with Crippen LogP contribution in [0.5, 0.6) is 0 Å². The van der Waals surface area contributed by atoms with Crippen LogP contribution in [-0.2, 0) is 0 Å². The number of thioether (sulfide) groups is 2. The van der Waals surface area contributed by atoms with Gasteiger partial charge in [0.2, 0.25) is 0 Å². The molecule has 0 amide bonds. The minimum absolute atomic E-state index is 0.778. The second-order valence-electron chi connectivity index (χ2n) is 2.98. The first-order chi connectivity index (χ1) is 5.88. The van der Waals surface area contributed by atoms with Crippen molar-refractivity contribution in [1.82, 2.24) is 5.32 Å². The lowest BCUT2D eigenvalue weighted by Crippen LogP contribution is -2.30. The molecule has 0 aromatic heterocycles. The van der Waals surface area contributed by atoms with Crippen molar-refractivity contribution in [3.63, 3.8) is 0 Å². The van der Waals surface area contributed by atoms with Gasteiger partial charge in [-0.25, -0.2) is 0 Å². The van der Waals surface area contributed by atoms with Crippen molar-refractivity contribution in [2.24, 2.45) is 0 Å². The summed E-state index contributed by atoms with van der Waals surface area (Å²) in [4.78, 5) is 0. The Balaban J connectivity index is 2.29. The molecule has 1 atom stereocenters. The average Bonchev–Trinajstić information content (AvgIpc) is 2.56. The van der Waals surface area contributed by atoms with Gasteiger partial charge in [-0.05, 0) is 30.9 Å². The third-order valence-electron chi connectivity index (χ3n) is 2.09. The van der Waals surface area contributed by atoms with Crippen molar-refractivity contribution in [2.75, 3.05) is 18.1 Å². The Hall–Kier alpha value is 0.660. The van der Waals surface area contributed by atoms with E-state index in [4.69, 9.17) is 0 Å². The highest BCUT2D eigenvalue weighted by atomic mass is 32.2. The van der Waals surface area contributed by atoms with Crippen molar-refractivity contribution in [1.29, 1.82) is 0 Å². The summed E-state index contributed by atoms with van der Waals surface area (Å²) in [7, 11) is 0. The maximum absolute atomic E-state index is 3.58. The second kappa shape index (κ2) is 6.17. The van der Waals surface area contributed by atoms with Crippen LogP contribution in [0.4, 0.5) is 0 Å². The summed E-state index contributed by atoms with van der Waals surface area (Å²) in [5.41, 5.74) is 0. The van der Waals surface area contributed by atoms with Crippen molar-refractivity contribution in [3.8, 4) is 0 Å². The maximum Gasteiger partial charge on any atom is 0.0655 e. The van der Waals surface area contributed by atoms with Crippen LogP contribution in [0.3, 0.4) is 0 Å². The van der Waals surface area contributed by atoms with E-state index in [1.165, 1.54) is 30.9 Å². The predicted molar refractivity (Wildman–Crippen MR) is 61.1 cm³/mol. The minimum atomic E-state index is 0.778. The quantitative estimate of drug-likeness (QED) is 0.693. The SMILES string of the molecule is CCSC(SCC)[C@@H]1CCCN1. The van der Waals surface area contributed by atoms with E-state index in [1.54, 1.807) is 0 Å². The van der Waals surface area contributed by atoms with Gasteiger partial charge in [0, 0.05) is 6.04 Å². The largest absolute Gasteiger partial charge is 0.312 e. The molecule has 0 aliphatic carbocycles. The van der Waals surface area contributed by atoms with E-state index >= 15 is 0 Å². The van der Waals surface area contributed by atoms with E-state index in [0.29, 0.717) is 0 Å². The molecular formula is C9H19NS2. The van der Waals surface area contributed by atoms with Crippen LogP contribution < -0.4 is 5.32 Å². The number of hydrogen-bond donors (Lipinski definition) is 1. The molecule has 0 radical (unpaired) electrons. The molecular weight excluding hydrogens is 186 g/mol. The molecule has 0 aromatic rings. The zero-order valence-corrected chi connectivity index (χ0v) is 9.64. The maximum atomic E-state index is 3.58. The second-order valence-corrected chi connectivity index (χ2v) is 6.12. The molecule has 0 unspecified atom stereocenters. The van der Waals surface area contributed by atoms with Crippen molar-refractivity contribution >= 4 is 23.5 Å². The van der Waals surface area contributed by atoms with Gasteiger partial charge in [-0.3, -0.25) is 0 Å². The summed E-state index contributed by atoms with van der Waals surface area (Å²) in [6, 6.07) is 0.778. The van der Waals surface area contributed by atoms with Gasteiger partial charge in [-0.1, -0.05) is 13.8 Å². The van der Waals surface area contributed by atoms with Gasteiger partial charge in [0.15, 0.2) is 0 Å². The molecule has 1 nitrogen and oxygen atoms in total. The molecule has 1 saturated heterocycles. The molecule has 1 rings (SSSR count). The zero-order chi connectivity index (χ0) is 8.81. The highest BCUT2D eigenvalue weighted by molar-refractivity contribution is 8.17. The zero-order valence-electron chi connectivity index (χ0n) is 8.01. The van der Waals surface area contributed by atoms with E-state index in [9.17, 15) is 0 Å². The summed E-state index contributed by atoms with van der Waals surface area (Å²) >= 11 is 4.20. The molecule has 72 valence electrons. The van der Waals surface area contributed by atoms with E-state index < -0.39 is 0 Å². The predicted octanol–water partition coefficient (Wildman–Crippen LogP) is 2.57. The molecule has 1 aliphatic heterocycles. The first-order valence-electron chi connectivity index (χ1n) is 4.85. The fraction of sp³-hybridized carbons (Fsp3) is 1.00. The molecule has 12 heavy (non-hydrogen) atoms. The van der Waals surface area contributed by atoms with Gasteiger partial charge < -0.3 is 5.32 Å². The molecule has 0 spiro atoms. The summed E-state index contributed by atoms with van der Waals surface area (Å²) < 4.78 is 0.794. The molecule has 1 fully saturated rings. The number of rotatable bonds is 5. The molecule has 3 heteroatoms. The van der Waals surface area contributed by atoms with E-state index in [1.807, 2.05) is 0 Å². The normalized spacial score (nSPS) is 23.8. The average molecular weight is 205 g/mol. The first-order valence-corrected chi connectivity index (χ1v) is 6.94. The third kappa shape index (κ3) is 3.19. The molecule has 0 saturated carbocycles. The summed E-state index contributed by atoms with van der Waals surface area (Å²) in [6.07, 6.45) is 2.75. The van der Waals surface area contributed by atoms with Gasteiger partial charge in [0.05, 0.1) is 4.58 Å². The van der Waals surface area contributed by atoms with E-state index in [2.05, 4.69) is 42.7 Å². The van der Waals surface area contributed by atoms with Crippen LogP contribution in [0.25, 0.3) is 0 Å². The lowest BCUT2D eigenvalue weighted by Gasteiger charge is -2.21. The summed E-state index contributed by atoms with van der Waals surface area (Å²) in [5, 5.41) is 3.58. The molecule has 1 N–H and O–H groups in total. The Labute approximate surface area is 84.4 Å². The summed E-state index contributed by atoms with van der Waals surface area (Å²) in [6.45, 7) is 5.74. The minimum Gasteiger partial charge on any atom is -0.312 e. The van der Waals surface area contributed by atoms with Crippen LogP contribution in [0, 0.1) is 0 Å². The fourth-order valence-electron chi connectivity index (χ4n) is 1.55. The number of nitrogens with one attached hydrogen (secondary N) is 1. The fourth-order valence-corrected chi connectivity index (χ4v) is 4.34. The van der Waals surface area contributed by atoms with Gasteiger partial charge in [-0.2, -0.15) is 0 Å². The third-order valence-corrected chi connectivity index (χ3v) is 4.89. The van der Waals surface area contributed by atoms with Gasteiger partial charge in [0.25, 0.3) is 0 Å². The van der Waals surface area contributed by atoms with Crippen molar-refractivity contribution in [3.05, 3.63) is 0 Å². The van der Waals surface area contributed by atoms with Crippen LogP contribution in [0.15, 0.2) is 0 Å². The first kappa shape index (κ1) is 10.7. The van der Waals surface area contributed by atoms with Crippen molar-refractivity contribution in [2.45, 2.75) is 37.3 Å². The van der Waals surface area contributed by atoms with Crippen LogP contribution in [0.2, 0.25) is 0 Å². The Morgan fingerprint density at radius 1 is 1.33 bits per heavy atom. The molecule has 0 aromatic carbocycles. The lowest BCUT2D eigenvalue weighted by molar-refractivity contribution is 0.654. The van der Waals surface area contributed by atoms with Gasteiger partial charge >= 0.3 is 0 Å². The highest BCUT2D eigenvalue weighted by Crippen LogP contribution is 2.30.